The van der Waals surface area contributed by atoms with Crippen molar-refractivity contribution in [2.24, 2.45) is 0 Å². The Hall–Kier alpha value is -3.39. The summed E-state index contributed by atoms with van der Waals surface area (Å²) >= 11 is 1.39. The predicted octanol–water partition coefficient (Wildman–Crippen LogP) is 5.12. The summed E-state index contributed by atoms with van der Waals surface area (Å²) in [5, 5.41) is 12.2. The van der Waals surface area contributed by atoms with Crippen LogP contribution in [0.25, 0.3) is 17.1 Å². The lowest BCUT2D eigenvalue weighted by atomic mass is 10.1. The molecule has 1 aliphatic heterocycles. The van der Waals surface area contributed by atoms with Gasteiger partial charge in [-0.25, -0.2) is 4.98 Å². The van der Waals surface area contributed by atoms with Crippen LogP contribution in [0, 0.1) is 20.8 Å². The van der Waals surface area contributed by atoms with E-state index in [-0.39, 0.29) is 11.7 Å². The summed E-state index contributed by atoms with van der Waals surface area (Å²) in [7, 11) is 0. The molecule has 0 atom stereocenters. The number of fused-ring (bicyclic) bond motifs is 1. The monoisotopic (exact) mass is 472 g/mol. The minimum Gasteiger partial charge on any atom is -0.328 e. The Morgan fingerprint density at radius 3 is 2.71 bits per heavy atom. The molecular formula is C26H28N6OS. The Balaban J connectivity index is 1.25. The SMILES string of the molecule is Cc1ccc(C)c(-n2c(C)nnc2SCC(=O)Nc2ccc(-c3ncc4n3CCCC4)cc2)c1. The molecule has 0 bridgehead atoms. The number of carbonyl (C=O) groups excluding carboxylic acids is 1. The smallest absolute Gasteiger partial charge is 0.234 e. The summed E-state index contributed by atoms with van der Waals surface area (Å²) in [6.07, 6.45) is 5.50. The van der Waals surface area contributed by atoms with Crippen LogP contribution in [0.2, 0.25) is 0 Å². The van der Waals surface area contributed by atoms with E-state index in [0.717, 1.165) is 47.1 Å². The Morgan fingerprint density at radius 2 is 1.88 bits per heavy atom. The maximum Gasteiger partial charge on any atom is 0.234 e. The van der Waals surface area contributed by atoms with Crippen LogP contribution >= 0.6 is 11.8 Å². The van der Waals surface area contributed by atoms with Crippen molar-refractivity contribution in [2.75, 3.05) is 11.1 Å². The zero-order valence-corrected chi connectivity index (χ0v) is 20.5. The van der Waals surface area contributed by atoms with E-state index >= 15 is 0 Å². The third-order valence-electron chi connectivity index (χ3n) is 6.16. The van der Waals surface area contributed by atoms with Crippen molar-refractivity contribution < 1.29 is 4.79 Å². The molecule has 1 amide bonds. The number of imidazole rings is 1. The molecule has 2 aromatic carbocycles. The first-order valence-corrected chi connectivity index (χ1v) is 12.6. The van der Waals surface area contributed by atoms with Crippen LogP contribution in [-0.2, 0) is 17.8 Å². The van der Waals surface area contributed by atoms with Crippen LogP contribution in [0.15, 0.2) is 53.8 Å². The Bertz CT molecular complexity index is 1340. The van der Waals surface area contributed by atoms with Crippen LogP contribution in [0.1, 0.15) is 35.5 Å². The molecule has 0 fully saturated rings. The lowest BCUT2D eigenvalue weighted by molar-refractivity contribution is -0.113. The second-order valence-corrected chi connectivity index (χ2v) is 9.69. The second-order valence-electron chi connectivity index (χ2n) is 8.75. The quantitative estimate of drug-likeness (QED) is 0.394. The van der Waals surface area contributed by atoms with Crippen LogP contribution in [0.3, 0.4) is 0 Å². The van der Waals surface area contributed by atoms with Crippen molar-refractivity contribution in [1.82, 2.24) is 24.3 Å². The Morgan fingerprint density at radius 1 is 1.06 bits per heavy atom. The maximum atomic E-state index is 12.7. The normalized spacial score (nSPS) is 13.0. The third-order valence-corrected chi connectivity index (χ3v) is 7.09. The Labute approximate surface area is 203 Å². The van der Waals surface area contributed by atoms with Crippen molar-refractivity contribution in [3.63, 3.8) is 0 Å². The molecule has 0 saturated heterocycles. The Kier molecular flexibility index (Phi) is 6.24. The molecule has 0 saturated carbocycles. The van der Waals surface area contributed by atoms with Crippen LogP contribution in [0.4, 0.5) is 5.69 Å². The molecule has 3 heterocycles. The fourth-order valence-electron chi connectivity index (χ4n) is 4.37. The number of anilines is 1. The molecule has 0 aliphatic carbocycles. The minimum atomic E-state index is -0.0795. The van der Waals surface area contributed by atoms with E-state index in [2.05, 4.69) is 57.1 Å². The van der Waals surface area contributed by atoms with Gasteiger partial charge < -0.3 is 9.88 Å². The summed E-state index contributed by atoms with van der Waals surface area (Å²) in [5.41, 5.74) is 6.49. The van der Waals surface area contributed by atoms with Gasteiger partial charge in [-0.3, -0.25) is 9.36 Å². The van der Waals surface area contributed by atoms with Crippen molar-refractivity contribution in [1.29, 1.82) is 0 Å². The molecule has 0 spiro atoms. The molecular weight excluding hydrogens is 444 g/mol. The van der Waals surface area contributed by atoms with Gasteiger partial charge in [-0.15, -0.1) is 10.2 Å². The number of aryl methyl sites for hydroxylation is 4. The molecule has 174 valence electrons. The molecule has 34 heavy (non-hydrogen) atoms. The summed E-state index contributed by atoms with van der Waals surface area (Å²) in [6.45, 7) is 7.08. The fourth-order valence-corrected chi connectivity index (χ4v) is 5.16. The number of hydrogen-bond donors (Lipinski definition) is 1. The van der Waals surface area contributed by atoms with Gasteiger partial charge in [0.05, 0.1) is 11.4 Å². The van der Waals surface area contributed by atoms with Gasteiger partial charge >= 0.3 is 0 Å². The highest BCUT2D eigenvalue weighted by Crippen LogP contribution is 2.27. The molecule has 8 heteroatoms. The van der Waals surface area contributed by atoms with E-state index < -0.39 is 0 Å². The van der Waals surface area contributed by atoms with Gasteiger partial charge in [0.2, 0.25) is 5.91 Å². The summed E-state index contributed by atoms with van der Waals surface area (Å²) in [5.74, 6) is 1.97. The van der Waals surface area contributed by atoms with Crippen molar-refractivity contribution in [3.05, 3.63) is 71.3 Å². The molecule has 4 aromatic rings. The van der Waals surface area contributed by atoms with Crippen LogP contribution in [0.5, 0.6) is 0 Å². The first-order valence-electron chi connectivity index (χ1n) is 11.6. The van der Waals surface area contributed by atoms with Gasteiger partial charge in [-0.05, 0) is 81.5 Å². The highest BCUT2D eigenvalue weighted by Gasteiger charge is 2.17. The van der Waals surface area contributed by atoms with E-state index in [4.69, 9.17) is 0 Å². The zero-order chi connectivity index (χ0) is 23.7. The number of rotatable bonds is 6. The van der Waals surface area contributed by atoms with Crippen LogP contribution in [-0.4, -0.2) is 36.0 Å². The fraction of sp³-hybridized carbons (Fsp3) is 0.308. The van der Waals surface area contributed by atoms with E-state index in [9.17, 15) is 4.79 Å². The molecule has 0 radical (unpaired) electrons. The average molecular weight is 473 g/mol. The number of nitrogens with one attached hydrogen (secondary N) is 1. The molecule has 1 N–H and O–H groups in total. The molecule has 1 aliphatic rings. The van der Waals surface area contributed by atoms with Gasteiger partial charge in [-0.1, -0.05) is 23.9 Å². The highest BCUT2D eigenvalue weighted by molar-refractivity contribution is 7.99. The minimum absolute atomic E-state index is 0.0795. The van der Waals surface area contributed by atoms with E-state index in [0.29, 0.717) is 5.16 Å². The summed E-state index contributed by atoms with van der Waals surface area (Å²) in [6, 6.07) is 14.2. The van der Waals surface area contributed by atoms with Gasteiger partial charge in [-0.2, -0.15) is 0 Å². The van der Waals surface area contributed by atoms with Crippen LogP contribution < -0.4 is 5.32 Å². The lowest BCUT2D eigenvalue weighted by Gasteiger charge is -2.16. The number of carbonyl (C=O) groups is 1. The number of nitrogens with zero attached hydrogens (tertiary/aromatic N) is 5. The maximum absolute atomic E-state index is 12.7. The van der Waals surface area contributed by atoms with E-state index in [1.807, 2.05) is 42.0 Å². The van der Waals surface area contributed by atoms with Gasteiger partial charge in [0.1, 0.15) is 11.6 Å². The topological polar surface area (TPSA) is 77.6 Å². The highest BCUT2D eigenvalue weighted by atomic mass is 32.2. The zero-order valence-electron chi connectivity index (χ0n) is 19.7. The van der Waals surface area contributed by atoms with Gasteiger partial charge in [0.25, 0.3) is 0 Å². The number of amides is 1. The van der Waals surface area contributed by atoms with Crippen molar-refractivity contribution in [3.8, 4) is 17.1 Å². The standard InChI is InChI=1S/C26H28N6OS/c1-17-7-8-18(2)23(14-17)32-19(3)29-30-26(32)34-16-24(33)28-21-11-9-20(10-12-21)25-27-15-22-6-4-5-13-31(22)25/h7-12,14-15H,4-6,13,16H2,1-3H3,(H,28,33). The molecule has 0 unspecified atom stereocenters. The second kappa shape index (κ2) is 9.46. The number of aromatic nitrogens is 5. The first-order chi connectivity index (χ1) is 16.5. The number of hydrogen-bond acceptors (Lipinski definition) is 5. The summed E-state index contributed by atoms with van der Waals surface area (Å²) < 4.78 is 4.32. The number of thioether (sulfide) groups is 1. The largest absolute Gasteiger partial charge is 0.328 e. The third kappa shape index (κ3) is 4.50. The summed E-state index contributed by atoms with van der Waals surface area (Å²) in [4.78, 5) is 17.3. The predicted molar refractivity (Wildman–Crippen MR) is 136 cm³/mol. The van der Waals surface area contributed by atoms with Crippen molar-refractivity contribution in [2.45, 2.75) is 51.7 Å². The lowest BCUT2D eigenvalue weighted by Crippen LogP contribution is -2.14. The molecule has 7 nitrogen and oxygen atoms in total. The number of benzene rings is 2. The first kappa shape index (κ1) is 22.4. The van der Waals surface area contributed by atoms with Gasteiger partial charge in [0, 0.05) is 29.7 Å². The molecule has 2 aromatic heterocycles. The average Bonchev–Trinajstić information content (AvgIpc) is 3.43. The van der Waals surface area contributed by atoms with E-state index in [1.165, 1.54) is 35.9 Å². The van der Waals surface area contributed by atoms with E-state index in [1.54, 1.807) is 0 Å². The molecule has 5 rings (SSSR count). The van der Waals surface area contributed by atoms with Gasteiger partial charge in [0.15, 0.2) is 5.16 Å². The van der Waals surface area contributed by atoms with Crippen molar-refractivity contribution >= 4 is 23.4 Å².